The van der Waals surface area contributed by atoms with Gasteiger partial charge in [0.1, 0.15) is 11.3 Å². The normalized spacial score (nSPS) is 10.2. The Morgan fingerprint density at radius 1 is 1.46 bits per heavy atom. The van der Waals surface area contributed by atoms with Crippen LogP contribution in [0.3, 0.4) is 0 Å². The van der Waals surface area contributed by atoms with Gasteiger partial charge in [-0.15, -0.1) is 0 Å². The van der Waals surface area contributed by atoms with Crippen molar-refractivity contribution in [2.24, 2.45) is 0 Å². The molecule has 0 radical (unpaired) electrons. The van der Waals surface area contributed by atoms with Crippen LogP contribution in [0.15, 0.2) is 27.1 Å². The van der Waals surface area contributed by atoms with Crippen LogP contribution in [0.5, 0.6) is 0 Å². The first-order valence-corrected chi connectivity index (χ1v) is 4.60. The molecule has 2 rings (SSSR count). The minimum Gasteiger partial charge on any atom is -0.460 e. The molecule has 1 heterocycles. The molecule has 1 aromatic carbocycles. The molecule has 0 amide bonds. The monoisotopic (exact) mass is 235 g/mol. The van der Waals surface area contributed by atoms with Crippen molar-refractivity contribution in [1.82, 2.24) is 0 Å². The zero-order chi connectivity index (χ0) is 9.42. The van der Waals surface area contributed by atoms with Crippen LogP contribution < -0.4 is 0 Å². The molecule has 13 heavy (non-hydrogen) atoms. The minimum absolute atomic E-state index is 0.647. The second-order valence-corrected chi connectivity index (χ2v) is 3.59. The summed E-state index contributed by atoms with van der Waals surface area (Å²) < 4.78 is 6.37. The summed E-state index contributed by atoms with van der Waals surface area (Å²) in [5, 5.41) is 9.65. The molecule has 0 saturated heterocycles. The summed E-state index contributed by atoms with van der Waals surface area (Å²) in [5.41, 5.74) is 1.46. The van der Waals surface area contributed by atoms with Crippen LogP contribution in [0, 0.1) is 18.3 Å². The van der Waals surface area contributed by atoms with Crippen LogP contribution in [0.4, 0.5) is 0 Å². The van der Waals surface area contributed by atoms with Crippen LogP contribution in [-0.4, -0.2) is 0 Å². The van der Waals surface area contributed by atoms with Gasteiger partial charge in [0.15, 0.2) is 0 Å². The van der Waals surface area contributed by atoms with Gasteiger partial charge in [-0.2, -0.15) is 5.26 Å². The van der Waals surface area contributed by atoms with Crippen LogP contribution in [0.25, 0.3) is 11.0 Å². The Morgan fingerprint density at radius 2 is 2.23 bits per heavy atom. The number of aryl methyl sites for hydroxylation is 1. The number of benzene rings is 1. The molecule has 0 fully saturated rings. The van der Waals surface area contributed by atoms with Crippen LogP contribution in [0.1, 0.15) is 11.3 Å². The van der Waals surface area contributed by atoms with Gasteiger partial charge in [0.05, 0.1) is 16.1 Å². The second-order valence-electron chi connectivity index (χ2n) is 2.79. The van der Waals surface area contributed by atoms with Gasteiger partial charge in [-0.3, -0.25) is 0 Å². The first-order chi connectivity index (χ1) is 6.22. The molecule has 0 unspecified atom stereocenters. The molecular formula is C10H6BrNO. The third-order valence-corrected chi connectivity index (χ3v) is 2.90. The Labute approximate surface area is 83.9 Å². The molecule has 1 aromatic heterocycles. The van der Waals surface area contributed by atoms with Crippen molar-refractivity contribution < 1.29 is 4.42 Å². The van der Waals surface area contributed by atoms with Crippen molar-refractivity contribution >= 4 is 26.9 Å². The van der Waals surface area contributed by atoms with Crippen LogP contribution in [-0.2, 0) is 0 Å². The molecule has 0 aliphatic carbocycles. The predicted molar refractivity (Wildman–Crippen MR) is 53.4 cm³/mol. The molecule has 0 aliphatic rings. The zero-order valence-corrected chi connectivity index (χ0v) is 8.55. The highest BCUT2D eigenvalue weighted by molar-refractivity contribution is 9.10. The number of fused-ring (bicyclic) bond motifs is 1. The van der Waals surface area contributed by atoms with Crippen molar-refractivity contribution in [3.63, 3.8) is 0 Å². The molecule has 0 aliphatic heterocycles. The van der Waals surface area contributed by atoms with Crippen molar-refractivity contribution in [3.8, 4) is 6.07 Å². The van der Waals surface area contributed by atoms with Crippen molar-refractivity contribution in [1.29, 1.82) is 5.26 Å². The fraction of sp³-hybridized carbons (Fsp3) is 0.100. The number of furan rings is 1. The third kappa shape index (κ3) is 1.24. The molecule has 0 atom stereocenters. The van der Waals surface area contributed by atoms with Gasteiger partial charge in [0.2, 0.25) is 0 Å². The van der Waals surface area contributed by atoms with Crippen molar-refractivity contribution in [2.45, 2.75) is 6.92 Å². The molecule has 0 spiro atoms. The van der Waals surface area contributed by atoms with E-state index < -0.39 is 0 Å². The quantitative estimate of drug-likeness (QED) is 0.703. The highest BCUT2D eigenvalue weighted by atomic mass is 79.9. The van der Waals surface area contributed by atoms with E-state index in [4.69, 9.17) is 9.68 Å². The van der Waals surface area contributed by atoms with E-state index in [1.165, 1.54) is 0 Å². The summed E-state index contributed by atoms with van der Waals surface area (Å²) in [6.45, 7) is 1.89. The van der Waals surface area contributed by atoms with E-state index in [2.05, 4.69) is 22.0 Å². The molecular weight excluding hydrogens is 230 g/mol. The van der Waals surface area contributed by atoms with Crippen LogP contribution >= 0.6 is 15.9 Å². The van der Waals surface area contributed by atoms with Gasteiger partial charge in [-0.05, 0) is 41.1 Å². The molecule has 0 N–H and O–H groups in total. The number of hydrogen-bond donors (Lipinski definition) is 0. The summed E-state index contributed by atoms with van der Waals surface area (Å²) in [4.78, 5) is 0. The SMILES string of the molecule is Cc1oc2ccc(C#N)cc2c1Br. The molecule has 64 valence electrons. The fourth-order valence-electron chi connectivity index (χ4n) is 1.26. The van der Waals surface area contributed by atoms with E-state index in [-0.39, 0.29) is 0 Å². The molecule has 0 bridgehead atoms. The fourth-order valence-corrected chi connectivity index (χ4v) is 1.65. The smallest absolute Gasteiger partial charge is 0.135 e. The maximum absolute atomic E-state index is 8.70. The second kappa shape index (κ2) is 2.90. The average Bonchev–Trinajstić information content (AvgIpc) is 2.43. The summed E-state index contributed by atoms with van der Waals surface area (Å²) in [6, 6.07) is 7.47. The number of nitriles is 1. The standard InChI is InChI=1S/C10H6BrNO/c1-6-10(11)8-4-7(5-12)2-3-9(8)13-6/h2-4H,1H3. The maximum atomic E-state index is 8.70. The van der Waals surface area contributed by atoms with Crippen molar-refractivity contribution in [3.05, 3.63) is 34.0 Å². The van der Waals surface area contributed by atoms with Gasteiger partial charge in [-0.1, -0.05) is 0 Å². The summed E-state index contributed by atoms with van der Waals surface area (Å²) in [7, 11) is 0. The lowest BCUT2D eigenvalue weighted by atomic mass is 10.2. The topological polar surface area (TPSA) is 36.9 Å². The van der Waals surface area contributed by atoms with E-state index in [1.54, 1.807) is 6.07 Å². The number of hydrogen-bond acceptors (Lipinski definition) is 2. The van der Waals surface area contributed by atoms with E-state index in [1.807, 2.05) is 19.1 Å². The summed E-state index contributed by atoms with van der Waals surface area (Å²) >= 11 is 3.41. The van der Waals surface area contributed by atoms with Gasteiger partial charge in [0, 0.05) is 5.39 Å². The summed E-state index contributed by atoms with van der Waals surface area (Å²) in [6.07, 6.45) is 0. The van der Waals surface area contributed by atoms with E-state index >= 15 is 0 Å². The van der Waals surface area contributed by atoms with Gasteiger partial charge >= 0.3 is 0 Å². The average molecular weight is 236 g/mol. The maximum Gasteiger partial charge on any atom is 0.135 e. The van der Waals surface area contributed by atoms with E-state index in [9.17, 15) is 0 Å². The minimum atomic E-state index is 0.647. The van der Waals surface area contributed by atoms with Gasteiger partial charge in [-0.25, -0.2) is 0 Å². The third-order valence-electron chi connectivity index (χ3n) is 1.92. The largest absolute Gasteiger partial charge is 0.460 e. The van der Waals surface area contributed by atoms with Crippen molar-refractivity contribution in [2.75, 3.05) is 0 Å². The molecule has 0 saturated carbocycles. The first-order valence-electron chi connectivity index (χ1n) is 3.81. The zero-order valence-electron chi connectivity index (χ0n) is 6.97. The van der Waals surface area contributed by atoms with E-state index in [0.717, 1.165) is 21.2 Å². The number of rotatable bonds is 0. The lowest BCUT2D eigenvalue weighted by Gasteiger charge is -1.88. The lowest BCUT2D eigenvalue weighted by Crippen LogP contribution is -1.71. The molecule has 2 aromatic rings. The molecule has 2 nitrogen and oxygen atoms in total. The van der Waals surface area contributed by atoms with Crippen LogP contribution in [0.2, 0.25) is 0 Å². The first kappa shape index (κ1) is 8.33. The summed E-state index contributed by atoms with van der Waals surface area (Å²) in [5.74, 6) is 0.838. The Balaban J connectivity index is 2.84. The number of nitrogens with zero attached hydrogens (tertiary/aromatic N) is 1. The van der Waals surface area contributed by atoms with Gasteiger partial charge in [0.25, 0.3) is 0 Å². The lowest BCUT2D eigenvalue weighted by molar-refractivity contribution is 0.576. The Hall–Kier alpha value is -1.27. The molecule has 3 heteroatoms. The Kier molecular flexibility index (Phi) is 1.86. The highest BCUT2D eigenvalue weighted by Gasteiger charge is 2.07. The van der Waals surface area contributed by atoms with E-state index in [0.29, 0.717) is 5.56 Å². The Bertz CT molecular complexity index is 507. The number of halogens is 1. The Morgan fingerprint density at radius 3 is 2.92 bits per heavy atom. The highest BCUT2D eigenvalue weighted by Crippen LogP contribution is 2.30. The van der Waals surface area contributed by atoms with Gasteiger partial charge < -0.3 is 4.42 Å². The predicted octanol–water partition coefficient (Wildman–Crippen LogP) is 3.38.